The lowest BCUT2D eigenvalue weighted by Gasteiger charge is -2.13. The molecule has 2 saturated carbocycles. The molecule has 80 valence electrons. The maximum absolute atomic E-state index is 12.8. The zero-order valence-corrected chi connectivity index (χ0v) is 7.93. The molecule has 2 aliphatic rings. The van der Waals surface area contributed by atoms with Gasteiger partial charge in [0.25, 0.3) is 5.92 Å². The Bertz CT molecular complexity index is 243. The van der Waals surface area contributed by atoms with Crippen LogP contribution in [0.25, 0.3) is 0 Å². The van der Waals surface area contributed by atoms with E-state index in [1.807, 2.05) is 0 Å². The van der Waals surface area contributed by atoms with Crippen molar-refractivity contribution in [3.05, 3.63) is 0 Å². The second kappa shape index (κ2) is 3.07. The molecule has 2 fully saturated rings. The Balaban J connectivity index is 1.70. The van der Waals surface area contributed by atoms with Crippen LogP contribution in [0.3, 0.4) is 0 Å². The van der Waals surface area contributed by atoms with Crippen molar-refractivity contribution in [3.63, 3.8) is 0 Å². The van der Waals surface area contributed by atoms with Crippen LogP contribution in [0.4, 0.5) is 13.6 Å². The molecule has 2 atom stereocenters. The average molecular weight is 205 g/mol. The first-order valence-corrected chi connectivity index (χ1v) is 4.75. The molecule has 14 heavy (non-hydrogen) atoms. The smallest absolute Gasteiger partial charge is 0.406 e. The van der Waals surface area contributed by atoms with Gasteiger partial charge in [-0.15, -0.1) is 0 Å². The first-order valence-electron chi connectivity index (χ1n) is 4.75. The number of alkyl carbamates (subject to hydrolysis) is 1. The second-order valence-corrected chi connectivity index (χ2v) is 4.10. The predicted molar refractivity (Wildman–Crippen MR) is 45.1 cm³/mol. The Morgan fingerprint density at radius 1 is 1.50 bits per heavy atom. The fourth-order valence-corrected chi connectivity index (χ4v) is 2.38. The van der Waals surface area contributed by atoms with E-state index < -0.39 is 23.9 Å². The Labute approximate surface area is 80.8 Å². The highest BCUT2D eigenvalue weighted by molar-refractivity contribution is 5.66. The summed E-state index contributed by atoms with van der Waals surface area (Å²) >= 11 is 0. The first-order chi connectivity index (χ1) is 6.55. The normalized spacial score (nSPS) is 37.5. The molecule has 1 amide bonds. The fourth-order valence-electron chi connectivity index (χ4n) is 2.38. The van der Waals surface area contributed by atoms with Crippen molar-refractivity contribution in [1.29, 1.82) is 0 Å². The zero-order valence-electron chi connectivity index (χ0n) is 7.93. The highest BCUT2D eigenvalue weighted by Gasteiger charge is 2.71. The van der Waals surface area contributed by atoms with E-state index in [2.05, 4.69) is 10.1 Å². The standard InChI is InChI=1S/C9H13F2NO2/c1-14-8(13)12-4-5-2-6-7(3-5)9(6,10)11/h5-7H,2-4H2,1H3,(H,12,13). The van der Waals surface area contributed by atoms with Gasteiger partial charge < -0.3 is 10.1 Å². The molecule has 0 aromatic carbocycles. The SMILES string of the molecule is COC(=O)NCC1CC2C(C1)C2(F)F. The van der Waals surface area contributed by atoms with Gasteiger partial charge in [-0.2, -0.15) is 0 Å². The highest BCUT2D eigenvalue weighted by Crippen LogP contribution is 2.65. The number of ether oxygens (including phenoxy) is 1. The van der Waals surface area contributed by atoms with E-state index in [1.165, 1.54) is 7.11 Å². The molecule has 5 heteroatoms. The van der Waals surface area contributed by atoms with Crippen LogP contribution in [0.15, 0.2) is 0 Å². The van der Waals surface area contributed by atoms with E-state index >= 15 is 0 Å². The summed E-state index contributed by atoms with van der Waals surface area (Å²) in [7, 11) is 1.29. The molecule has 2 rings (SSSR count). The third-order valence-corrected chi connectivity index (χ3v) is 3.26. The number of nitrogens with one attached hydrogen (secondary N) is 1. The molecule has 0 radical (unpaired) electrons. The van der Waals surface area contributed by atoms with Crippen LogP contribution >= 0.6 is 0 Å². The maximum atomic E-state index is 12.8. The van der Waals surface area contributed by atoms with Crippen LogP contribution in [0.5, 0.6) is 0 Å². The third-order valence-electron chi connectivity index (χ3n) is 3.26. The average Bonchev–Trinajstić information content (AvgIpc) is 2.57. The molecule has 0 aliphatic heterocycles. The van der Waals surface area contributed by atoms with Crippen molar-refractivity contribution >= 4 is 6.09 Å². The summed E-state index contributed by atoms with van der Waals surface area (Å²) < 4.78 is 29.9. The van der Waals surface area contributed by atoms with Crippen molar-refractivity contribution in [1.82, 2.24) is 5.32 Å². The summed E-state index contributed by atoms with van der Waals surface area (Å²) in [5.41, 5.74) is 0. The van der Waals surface area contributed by atoms with Gasteiger partial charge in [0.1, 0.15) is 0 Å². The van der Waals surface area contributed by atoms with Gasteiger partial charge >= 0.3 is 6.09 Å². The molecule has 0 heterocycles. The largest absolute Gasteiger partial charge is 0.453 e. The van der Waals surface area contributed by atoms with E-state index in [-0.39, 0.29) is 5.92 Å². The van der Waals surface area contributed by atoms with Crippen molar-refractivity contribution in [2.75, 3.05) is 13.7 Å². The highest BCUT2D eigenvalue weighted by atomic mass is 19.3. The number of alkyl halides is 2. The lowest BCUT2D eigenvalue weighted by atomic mass is 10.0. The minimum Gasteiger partial charge on any atom is -0.453 e. The summed E-state index contributed by atoms with van der Waals surface area (Å²) in [6.45, 7) is 0.454. The molecule has 2 unspecified atom stereocenters. The van der Waals surface area contributed by atoms with Gasteiger partial charge in [-0.05, 0) is 18.8 Å². The molecular weight excluding hydrogens is 192 g/mol. The number of halogens is 2. The summed E-state index contributed by atoms with van der Waals surface area (Å²) in [4.78, 5) is 10.7. The van der Waals surface area contributed by atoms with Gasteiger partial charge in [0.15, 0.2) is 0 Å². The van der Waals surface area contributed by atoms with Crippen LogP contribution in [0.1, 0.15) is 12.8 Å². The van der Waals surface area contributed by atoms with Gasteiger partial charge in [-0.3, -0.25) is 0 Å². The molecular formula is C9H13F2NO2. The number of hydrogen-bond acceptors (Lipinski definition) is 2. The van der Waals surface area contributed by atoms with E-state index in [0.717, 1.165) is 0 Å². The molecule has 0 saturated heterocycles. The Morgan fingerprint density at radius 2 is 2.07 bits per heavy atom. The van der Waals surface area contributed by atoms with E-state index in [0.29, 0.717) is 19.4 Å². The number of rotatable bonds is 2. The van der Waals surface area contributed by atoms with Crippen molar-refractivity contribution in [3.8, 4) is 0 Å². The number of hydrogen-bond donors (Lipinski definition) is 1. The third kappa shape index (κ3) is 1.44. The molecule has 0 aromatic rings. The monoisotopic (exact) mass is 205 g/mol. The minimum atomic E-state index is -2.41. The fraction of sp³-hybridized carbons (Fsp3) is 0.889. The van der Waals surface area contributed by atoms with Crippen molar-refractivity contribution in [2.24, 2.45) is 17.8 Å². The molecule has 1 N–H and O–H groups in total. The molecule has 0 aromatic heterocycles. The van der Waals surface area contributed by atoms with Crippen molar-refractivity contribution in [2.45, 2.75) is 18.8 Å². The first kappa shape index (κ1) is 9.68. The van der Waals surface area contributed by atoms with E-state index in [1.54, 1.807) is 0 Å². The molecule has 0 spiro atoms. The Morgan fingerprint density at radius 3 is 2.57 bits per heavy atom. The molecule has 3 nitrogen and oxygen atoms in total. The Kier molecular flexibility index (Phi) is 2.12. The topological polar surface area (TPSA) is 38.3 Å². The zero-order chi connectivity index (χ0) is 10.3. The quantitative estimate of drug-likeness (QED) is 0.744. The van der Waals surface area contributed by atoms with Crippen molar-refractivity contribution < 1.29 is 18.3 Å². The molecule has 0 bridgehead atoms. The van der Waals surface area contributed by atoms with Crippen LogP contribution in [-0.2, 0) is 4.74 Å². The van der Waals surface area contributed by atoms with Crippen LogP contribution < -0.4 is 5.32 Å². The van der Waals surface area contributed by atoms with Gasteiger partial charge in [0, 0.05) is 18.4 Å². The maximum Gasteiger partial charge on any atom is 0.406 e. The van der Waals surface area contributed by atoms with Crippen LogP contribution in [0, 0.1) is 17.8 Å². The number of methoxy groups -OCH3 is 1. The molecule has 2 aliphatic carbocycles. The number of fused-ring (bicyclic) bond motifs is 1. The predicted octanol–water partition coefficient (Wildman–Crippen LogP) is 1.63. The summed E-state index contributed by atoms with van der Waals surface area (Å²) in [6, 6.07) is 0. The number of carbonyl (C=O) groups excluding carboxylic acids is 1. The van der Waals surface area contributed by atoms with Crippen LogP contribution in [0.2, 0.25) is 0 Å². The van der Waals surface area contributed by atoms with Gasteiger partial charge in [-0.1, -0.05) is 0 Å². The van der Waals surface area contributed by atoms with E-state index in [9.17, 15) is 13.6 Å². The van der Waals surface area contributed by atoms with Gasteiger partial charge in [0.05, 0.1) is 7.11 Å². The van der Waals surface area contributed by atoms with Gasteiger partial charge in [0.2, 0.25) is 0 Å². The lowest BCUT2D eigenvalue weighted by molar-refractivity contribution is 0.0637. The summed E-state index contributed by atoms with van der Waals surface area (Å²) in [6.07, 6.45) is 0.570. The van der Waals surface area contributed by atoms with Gasteiger partial charge in [-0.25, -0.2) is 13.6 Å². The second-order valence-electron chi connectivity index (χ2n) is 4.10. The van der Waals surface area contributed by atoms with E-state index in [4.69, 9.17) is 0 Å². The summed E-state index contributed by atoms with van der Waals surface area (Å²) in [5.74, 6) is -3.07. The summed E-state index contributed by atoms with van der Waals surface area (Å²) in [5, 5.41) is 2.54. The Hall–Kier alpha value is -0.870. The number of carbonyl (C=O) groups is 1. The minimum absolute atomic E-state index is 0.198. The number of amides is 1. The van der Waals surface area contributed by atoms with Crippen LogP contribution in [-0.4, -0.2) is 25.7 Å². The lowest BCUT2D eigenvalue weighted by Crippen LogP contribution is -2.29.